The van der Waals surface area contributed by atoms with Crippen LogP contribution in [0.25, 0.3) is 0 Å². The minimum atomic E-state index is -4.78. The van der Waals surface area contributed by atoms with Gasteiger partial charge in [0.2, 0.25) is 0 Å². The van der Waals surface area contributed by atoms with E-state index in [-0.39, 0.29) is 11.3 Å². The highest BCUT2D eigenvalue weighted by atomic mass is 35.5. The van der Waals surface area contributed by atoms with Crippen LogP contribution in [0.5, 0.6) is 0 Å². The van der Waals surface area contributed by atoms with Crippen LogP contribution >= 0.6 is 11.6 Å². The molecule has 0 bridgehead atoms. The lowest BCUT2D eigenvalue weighted by Gasteiger charge is -2.11. The van der Waals surface area contributed by atoms with Crippen molar-refractivity contribution >= 4 is 35.3 Å². The maximum Gasteiger partial charge on any atom is 0.417 e. The van der Waals surface area contributed by atoms with E-state index in [1.54, 1.807) is 5.43 Å². The number of hydrogen-bond acceptors (Lipinski definition) is 3. The third-order valence-corrected chi connectivity index (χ3v) is 3.70. The summed E-state index contributed by atoms with van der Waals surface area (Å²) in [6.45, 7) is 0. The minimum Gasteiger partial charge on any atom is -0.318 e. The van der Waals surface area contributed by atoms with Gasteiger partial charge in [-0.25, -0.2) is 5.43 Å². The Bertz CT molecular complexity index is 957. The van der Waals surface area contributed by atoms with Crippen molar-refractivity contribution in [3.8, 4) is 0 Å². The number of alkyl halides is 6. The third kappa shape index (κ3) is 5.95. The average Bonchev–Trinajstić information content (AvgIpc) is 2.61. The Balaban J connectivity index is 2.06. The van der Waals surface area contributed by atoms with Crippen LogP contribution in [-0.2, 0) is 21.9 Å². The Hall–Kier alpha value is -3.08. The molecule has 0 spiro atoms. The summed E-state index contributed by atoms with van der Waals surface area (Å²) < 4.78 is 76.9. The molecule has 0 radical (unpaired) electrons. The van der Waals surface area contributed by atoms with E-state index in [1.165, 1.54) is 6.07 Å². The predicted octanol–water partition coefficient (Wildman–Crippen LogP) is 4.47. The lowest BCUT2D eigenvalue weighted by molar-refractivity contribution is -0.138. The van der Waals surface area contributed by atoms with Gasteiger partial charge in [-0.3, -0.25) is 9.59 Å². The maximum atomic E-state index is 12.8. The quantitative estimate of drug-likeness (QED) is 0.322. The first-order chi connectivity index (χ1) is 13.4. The first-order valence-corrected chi connectivity index (χ1v) is 7.94. The van der Waals surface area contributed by atoms with Crippen molar-refractivity contribution in [2.24, 2.45) is 5.10 Å². The molecule has 2 amide bonds. The first kappa shape index (κ1) is 22.2. The van der Waals surface area contributed by atoms with Crippen LogP contribution in [0.2, 0.25) is 5.02 Å². The van der Waals surface area contributed by atoms with E-state index < -0.39 is 40.3 Å². The molecule has 0 heterocycles. The first-order valence-electron chi connectivity index (χ1n) is 7.57. The van der Waals surface area contributed by atoms with E-state index in [4.69, 9.17) is 11.6 Å². The summed E-state index contributed by atoms with van der Waals surface area (Å²) in [7, 11) is 0. The zero-order valence-corrected chi connectivity index (χ0v) is 14.8. The van der Waals surface area contributed by atoms with E-state index in [1.807, 2.05) is 5.32 Å². The summed E-state index contributed by atoms with van der Waals surface area (Å²) >= 11 is 5.44. The van der Waals surface area contributed by atoms with Crippen molar-refractivity contribution in [3.63, 3.8) is 0 Å². The monoisotopic (exact) mass is 437 g/mol. The molecule has 2 aromatic carbocycles. The molecule has 29 heavy (non-hydrogen) atoms. The molecule has 12 heteroatoms. The second-order valence-electron chi connectivity index (χ2n) is 5.43. The van der Waals surface area contributed by atoms with Gasteiger partial charge in [-0.2, -0.15) is 31.4 Å². The molecule has 0 aromatic heterocycles. The molecule has 2 N–H and O–H groups in total. The molecule has 0 saturated heterocycles. The number of hydrogen-bond donors (Lipinski definition) is 2. The van der Waals surface area contributed by atoms with Crippen LogP contribution < -0.4 is 10.7 Å². The number of nitrogens with zero attached hydrogens (tertiary/aromatic N) is 1. The Labute approximate surface area is 164 Å². The molecule has 0 aliphatic rings. The van der Waals surface area contributed by atoms with Gasteiger partial charge in [-0.05, 0) is 24.3 Å². The molecule has 0 fully saturated rings. The van der Waals surface area contributed by atoms with Crippen molar-refractivity contribution in [3.05, 3.63) is 64.2 Å². The fourth-order valence-electron chi connectivity index (χ4n) is 2.09. The van der Waals surface area contributed by atoms with Gasteiger partial charge in [0.1, 0.15) is 0 Å². The van der Waals surface area contributed by atoms with Crippen molar-refractivity contribution in [2.75, 3.05) is 5.32 Å². The second-order valence-corrected chi connectivity index (χ2v) is 5.84. The second kappa shape index (κ2) is 8.52. The van der Waals surface area contributed by atoms with Gasteiger partial charge in [0.05, 0.1) is 22.4 Å². The van der Waals surface area contributed by atoms with E-state index >= 15 is 0 Å². The van der Waals surface area contributed by atoms with Gasteiger partial charge >= 0.3 is 24.2 Å². The predicted molar refractivity (Wildman–Crippen MR) is 92.3 cm³/mol. The molecule has 0 unspecified atom stereocenters. The number of nitrogens with one attached hydrogen (secondary N) is 2. The standard InChI is InChI=1S/C17H10ClF6N3O2/c18-13-6-5-10(7-12(13)17(22,23)24)26-14(28)15(29)27-25-8-9-3-1-2-4-11(9)16(19,20)21/h1-8H,(H,26,28)(H,27,29). The molecule has 0 saturated carbocycles. The van der Waals surface area contributed by atoms with Gasteiger partial charge in [0, 0.05) is 11.3 Å². The summed E-state index contributed by atoms with van der Waals surface area (Å²) in [5.41, 5.74) is -1.28. The SMILES string of the molecule is O=C(NN=Cc1ccccc1C(F)(F)F)C(=O)Nc1ccc(Cl)c(C(F)(F)F)c1. The highest BCUT2D eigenvalue weighted by Crippen LogP contribution is 2.36. The van der Waals surface area contributed by atoms with Crippen LogP contribution in [0.3, 0.4) is 0 Å². The van der Waals surface area contributed by atoms with Crippen molar-refractivity contribution in [1.82, 2.24) is 5.43 Å². The lowest BCUT2D eigenvalue weighted by atomic mass is 10.1. The Morgan fingerprint density at radius 1 is 0.897 bits per heavy atom. The molecule has 154 valence electrons. The van der Waals surface area contributed by atoms with Crippen LogP contribution in [0, 0.1) is 0 Å². The number of anilines is 1. The Morgan fingerprint density at radius 2 is 1.52 bits per heavy atom. The number of rotatable bonds is 3. The van der Waals surface area contributed by atoms with Gasteiger partial charge in [-0.15, -0.1) is 0 Å². The number of carbonyl (C=O) groups is 2. The van der Waals surface area contributed by atoms with E-state index in [0.29, 0.717) is 12.3 Å². The molecule has 0 aliphatic heterocycles. The van der Waals surface area contributed by atoms with Crippen molar-refractivity contribution in [2.45, 2.75) is 12.4 Å². The molecule has 5 nitrogen and oxygen atoms in total. The van der Waals surface area contributed by atoms with Crippen LogP contribution in [0.15, 0.2) is 47.6 Å². The van der Waals surface area contributed by atoms with Crippen molar-refractivity contribution in [1.29, 1.82) is 0 Å². The molecule has 0 aliphatic carbocycles. The van der Waals surface area contributed by atoms with E-state index in [0.717, 1.165) is 30.3 Å². The summed E-state index contributed by atoms with van der Waals surface area (Å²) in [5.74, 6) is -2.80. The van der Waals surface area contributed by atoms with Crippen LogP contribution in [0.4, 0.5) is 32.0 Å². The van der Waals surface area contributed by atoms with Gasteiger partial charge in [0.25, 0.3) is 0 Å². The normalized spacial score (nSPS) is 12.1. The van der Waals surface area contributed by atoms with E-state index in [9.17, 15) is 35.9 Å². The fraction of sp³-hybridized carbons (Fsp3) is 0.118. The fourth-order valence-corrected chi connectivity index (χ4v) is 2.31. The molecule has 2 aromatic rings. The zero-order valence-electron chi connectivity index (χ0n) is 14.0. The zero-order chi connectivity index (χ0) is 21.8. The largest absolute Gasteiger partial charge is 0.417 e. The van der Waals surface area contributed by atoms with Crippen molar-refractivity contribution < 1.29 is 35.9 Å². The smallest absolute Gasteiger partial charge is 0.318 e. The lowest BCUT2D eigenvalue weighted by Crippen LogP contribution is -2.32. The Morgan fingerprint density at radius 3 is 2.14 bits per heavy atom. The summed E-state index contributed by atoms with van der Waals surface area (Å²) in [5, 5.41) is 4.56. The minimum absolute atomic E-state index is 0.367. The molecule has 2 rings (SSSR count). The van der Waals surface area contributed by atoms with Gasteiger partial charge < -0.3 is 5.32 Å². The number of amides is 2. The summed E-state index contributed by atoms with van der Waals surface area (Å²) in [6, 6.07) is 6.79. The van der Waals surface area contributed by atoms with Gasteiger partial charge in [-0.1, -0.05) is 29.8 Å². The third-order valence-electron chi connectivity index (χ3n) is 3.37. The molecular formula is C17H10ClF6N3O2. The molecular weight excluding hydrogens is 428 g/mol. The maximum absolute atomic E-state index is 12.8. The van der Waals surface area contributed by atoms with Crippen LogP contribution in [-0.4, -0.2) is 18.0 Å². The Kier molecular flexibility index (Phi) is 6.52. The molecule has 0 atom stereocenters. The topological polar surface area (TPSA) is 70.6 Å². The number of hydrazone groups is 1. The highest BCUT2D eigenvalue weighted by molar-refractivity contribution is 6.39. The van der Waals surface area contributed by atoms with Crippen LogP contribution in [0.1, 0.15) is 16.7 Å². The average molecular weight is 438 g/mol. The van der Waals surface area contributed by atoms with E-state index in [2.05, 4.69) is 5.10 Å². The number of carbonyl (C=O) groups excluding carboxylic acids is 2. The number of benzene rings is 2. The summed E-state index contributed by atoms with van der Waals surface area (Å²) in [4.78, 5) is 23.4. The summed E-state index contributed by atoms with van der Waals surface area (Å²) in [6.07, 6.45) is -8.76. The number of halogens is 7. The highest BCUT2D eigenvalue weighted by Gasteiger charge is 2.34. The van der Waals surface area contributed by atoms with Gasteiger partial charge in [0.15, 0.2) is 0 Å².